The predicted molar refractivity (Wildman–Crippen MR) is 55.8 cm³/mol. The van der Waals surface area contributed by atoms with Crippen LogP contribution in [0.15, 0.2) is 18.2 Å². The normalized spacial score (nSPS) is 9.64. The van der Waals surface area contributed by atoms with Gasteiger partial charge in [-0.15, -0.1) is 0 Å². The van der Waals surface area contributed by atoms with Crippen LogP contribution in [0.1, 0.15) is 10.4 Å². The third-order valence-electron chi connectivity index (χ3n) is 1.95. The van der Waals surface area contributed by atoms with Crippen LogP contribution >= 0.6 is 0 Å². The quantitative estimate of drug-likeness (QED) is 0.776. The van der Waals surface area contributed by atoms with Crippen LogP contribution < -0.4 is 15.4 Å². The van der Waals surface area contributed by atoms with Gasteiger partial charge in [0.2, 0.25) is 0 Å². The number of nitrogens with zero attached hydrogens (tertiary/aromatic N) is 1. The van der Waals surface area contributed by atoms with E-state index >= 15 is 0 Å². The average Bonchev–Trinajstić information content (AvgIpc) is 2.16. The van der Waals surface area contributed by atoms with Gasteiger partial charge in [0, 0.05) is 14.1 Å². The Morgan fingerprint density at radius 3 is 2.50 bits per heavy atom. The second kappa shape index (κ2) is 4.00. The lowest BCUT2D eigenvalue weighted by Crippen LogP contribution is -2.16. The number of carbonyl (C=O) groups excluding carboxylic acids is 1. The first-order chi connectivity index (χ1) is 6.57. The third-order valence-corrected chi connectivity index (χ3v) is 1.95. The molecule has 0 aliphatic carbocycles. The maximum atomic E-state index is 11.1. The minimum atomic E-state index is -0.481. The fourth-order valence-corrected chi connectivity index (χ4v) is 1.29. The van der Waals surface area contributed by atoms with Gasteiger partial charge in [-0.2, -0.15) is 0 Å². The van der Waals surface area contributed by atoms with E-state index in [0.29, 0.717) is 11.3 Å². The highest BCUT2D eigenvalue weighted by Crippen LogP contribution is 2.30. The van der Waals surface area contributed by atoms with Gasteiger partial charge in [0.25, 0.3) is 5.91 Å². The van der Waals surface area contributed by atoms with Crippen molar-refractivity contribution in [1.29, 1.82) is 0 Å². The Morgan fingerprint density at radius 2 is 2.07 bits per heavy atom. The van der Waals surface area contributed by atoms with Gasteiger partial charge in [0.1, 0.15) is 0 Å². The van der Waals surface area contributed by atoms with Crippen LogP contribution in [0, 0.1) is 0 Å². The largest absolute Gasteiger partial charge is 0.494 e. The molecule has 0 radical (unpaired) electrons. The molecular weight excluding hydrogens is 180 g/mol. The molecule has 2 N–H and O–H groups in total. The molecule has 0 bridgehead atoms. The predicted octanol–water partition coefficient (Wildman–Crippen LogP) is 0.860. The number of para-hydroxylation sites is 1. The van der Waals surface area contributed by atoms with Crippen LogP contribution in [0.4, 0.5) is 5.69 Å². The van der Waals surface area contributed by atoms with E-state index in [2.05, 4.69) is 0 Å². The zero-order valence-corrected chi connectivity index (χ0v) is 8.57. The second-order valence-corrected chi connectivity index (χ2v) is 3.12. The van der Waals surface area contributed by atoms with Crippen molar-refractivity contribution in [2.24, 2.45) is 5.73 Å². The molecule has 0 aliphatic rings. The van der Waals surface area contributed by atoms with Crippen LogP contribution in [0.5, 0.6) is 5.75 Å². The summed E-state index contributed by atoms with van der Waals surface area (Å²) in [6.07, 6.45) is 0. The molecular formula is C10H14N2O2. The Hall–Kier alpha value is -1.71. The van der Waals surface area contributed by atoms with E-state index < -0.39 is 5.91 Å². The topological polar surface area (TPSA) is 55.6 Å². The van der Waals surface area contributed by atoms with E-state index in [0.717, 1.165) is 5.69 Å². The Bertz CT molecular complexity index is 348. The molecule has 4 heteroatoms. The van der Waals surface area contributed by atoms with Crippen molar-refractivity contribution in [2.45, 2.75) is 0 Å². The number of ether oxygens (including phenoxy) is 1. The molecule has 1 aromatic carbocycles. The Kier molecular flexibility index (Phi) is 2.96. The van der Waals surface area contributed by atoms with Crippen molar-refractivity contribution in [3.63, 3.8) is 0 Å². The number of methoxy groups -OCH3 is 1. The SMILES string of the molecule is COc1c(C(N)=O)cccc1N(C)C. The molecule has 0 saturated carbocycles. The third kappa shape index (κ3) is 1.79. The maximum Gasteiger partial charge on any atom is 0.252 e. The lowest BCUT2D eigenvalue weighted by molar-refractivity contribution is 0.0997. The molecule has 0 aromatic heterocycles. The highest BCUT2D eigenvalue weighted by molar-refractivity contribution is 5.97. The lowest BCUT2D eigenvalue weighted by atomic mass is 10.1. The van der Waals surface area contributed by atoms with E-state index in [9.17, 15) is 4.79 Å². The van der Waals surface area contributed by atoms with Gasteiger partial charge < -0.3 is 15.4 Å². The van der Waals surface area contributed by atoms with Crippen molar-refractivity contribution in [1.82, 2.24) is 0 Å². The molecule has 0 atom stereocenters. The van der Waals surface area contributed by atoms with Crippen LogP contribution in [-0.2, 0) is 0 Å². The van der Waals surface area contributed by atoms with Gasteiger partial charge in [-0.3, -0.25) is 4.79 Å². The van der Waals surface area contributed by atoms with E-state index in [-0.39, 0.29) is 0 Å². The number of carbonyl (C=O) groups is 1. The molecule has 0 heterocycles. The van der Waals surface area contributed by atoms with E-state index in [1.54, 1.807) is 12.1 Å². The summed E-state index contributed by atoms with van der Waals surface area (Å²) in [4.78, 5) is 12.9. The summed E-state index contributed by atoms with van der Waals surface area (Å²) in [6.45, 7) is 0. The van der Waals surface area contributed by atoms with Crippen LogP contribution in [-0.4, -0.2) is 27.1 Å². The molecule has 1 rings (SSSR count). The summed E-state index contributed by atoms with van der Waals surface area (Å²) in [5, 5.41) is 0. The fourth-order valence-electron chi connectivity index (χ4n) is 1.29. The number of hydrogen-bond donors (Lipinski definition) is 1. The zero-order valence-electron chi connectivity index (χ0n) is 8.57. The Morgan fingerprint density at radius 1 is 1.43 bits per heavy atom. The van der Waals surface area contributed by atoms with Crippen LogP contribution in [0.3, 0.4) is 0 Å². The first kappa shape index (κ1) is 10.4. The lowest BCUT2D eigenvalue weighted by Gasteiger charge is -2.17. The van der Waals surface area contributed by atoms with Gasteiger partial charge in [-0.05, 0) is 12.1 Å². The first-order valence-electron chi connectivity index (χ1n) is 4.22. The zero-order chi connectivity index (χ0) is 10.7. The summed E-state index contributed by atoms with van der Waals surface area (Å²) in [7, 11) is 5.28. The molecule has 1 aromatic rings. The van der Waals surface area contributed by atoms with Gasteiger partial charge in [0.05, 0.1) is 18.4 Å². The van der Waals surface area contributed by atoms with Gasteiger partial charge in [-0.25, -0.2) is 0 Å². The molecule has 0 spiro atoms. The standard InChI is InChI=1S/C10H14N2O2/c1-12(2)8-6-4-5-7(10(11)13)9(8)14-3/h4-6H,1-3H3,(H2,11,13). The number of primary amides is 1. The summed E-state index contributed by atoms with van der Waals surface area (Å²) in [6, 6.07) is 5.29. The summed E-state index contributed by atoms with van der Waals surface area (Å²) in [5.41, 5.74) is 6.46. The molecule has 0 unspecified atom stereocenters. The summed E-state index contributed by atoms with van der Waals surface area (Å²) < 4.78 is 5.16. The van der Waals surface area contributed by atoms with Crippen LogP contribution in [0.25, 0.3) is 0 Å². The number of hydrogen-bond acceptors (Lipinski definition) is 3. The van der Waals surface area contributed by atoms with Crippen molar-refractivity contribution in [3.05, 3.63) is 23.8 Å². The van der Waals surface area contributed by atoms with Crippen molar-refractivity contribution < 1.29 is 9.53 Å². The fraction of sp³-hybridized carbons (Fsp3) is 0.300. The minimum absolute atomic E-state index is 0.402. The highest BCUT2D eigenvalue weighted by atomic mass is 16.5. The van der Waals surface area contributed by atoms with Gasteiger partial charge in [-0.1, -0.05) is 6.07 Å². The molecule has 76 valence electrons. The van der Waals surface area contributed by atoms with Gasteiger partial charge in [0.15, 0.2) is 5.75 Å². The minimum Gasteiger partial charge on any atom is -0.494 e. The summed E-state index contributed by atoms with van der Waals surface area (Å²) >= 11 is 0. The van der Waals surface area contributed by atoms with Crippen LogP contribution in [0.2, 0.25) is 0 Å². The Labute approximate surface area is 83.3 Å². The van der Waals surface area contributed by atoms with Crippen molar-refractivity contribution >= 4 is 11.6 Å². The van der Waals surface area contributed by atoms with E-state index in [1.165, 1.54) is 7.11 Å². The number of amides is 1. The average molecular weight is 194 g/mol. The smallest absolute Gasteiger partial charge is 0.252 e. The number of nitrogens with two attached hydrogens (primary N) is 1. The maximum absolute atomic E-state index is 11.1. The monoisotopic (exact) mass is 194 g/mol. The molecule has 4 nitrogen and oxygen atoms in total. The number of rotatable bonds is 3. The van der Waals surface area contributed by atoms with E-state index in [1.807, 2.05) is 25.1 Å². The molecule has 14 heavy (non-hydrogen) atoms. The number of anilines is 1. The van der Waals surface area contributed by atoms with Gasteiger partial charge >= 0.3 is 0 Å². The molecule has 0 saturated heterocycles. The van der Waals surface area contributed by atoms with Crippen molar-refractivity contribution in [3.8, 4) is 5.75 Å². The van der Waals surface area contributed by atoms with Crippen molar-refractivity contribution in [2.75, 3.05) is 26.1 Å². The second-order valence-electron chi connectivity index (χ2n) is 3.12. The van der Waals surface area contributed by atoms with E-state index in [4.69, 9.17) is 10.5 Å². The molecule has 0 fully saturated rings. The molecule has 0 aliphatic heterocycles. The first-order valence-corrected chi connectivity index (χ1v) is 4.22. The Balaban J connectivity index is 3.32. The number of benzene rings is 1. The summed E-state index contributed by atoms with van der Waals surface area (Å²) in [5.74, 6) is 0.0375. The highest BCUT2D eigenvalue weighted by Gasteiger charge is 2.13. The molecule has 1 amide bonds.